The van der Waals surface area contributed by atoms with Gasteiger partial charge in [-0.25, -0.2) is 14.8 Å². The van der Waals surface area contributed by atoms with Crippen molar-refractivity contribution in [3.8, 4) is 22.3 Å². The number of aromatic nitrogens is 4. The molecule has 0 spiro atoms. The summed E-state index contributed by atoms with van der Waals surface area (Å²) in [6.45, 7) is 7.23. The van der Waals surface area contributed by atoms with Gasteiger partial charge in [-0.05, 0) is 85.3 Å². The Morgan fingerprint density at radius 2 is 1.62 bits per heavy atom. The first-order valence-electron chi connectivity index (χ1n) is 17.6. The Hall–Kier alpha value is -6.13. The van der Waals surface area contributed by atoms with Crippen molar-refractivity contribution in [3.63, 3.8) is 0 Å². The molecule has 0 atom stereocenters. The summed E-state index contributed by atoms with van der Waals surface area (Å²) >= 11 is 1.45. The number of rotatable bonds is 8. The average Bonchev–Trinajstić information content (AvgIpc) is 3.80. The lowest BCUT2D eigenvalue weighted by molar-refractivity contribution is 0.00638. The Labute approximate surface area is 311 Å². The third-order valence-corrected chi connectivity index (χ3v) is 10.2. The van der Waals surface area contributed by atoms with Crippen molar-refractivity contribution in [2.75, 3.05) is 16.8 Å². The number of para-hydroxylation sites is 1. The summed E-state index contributed by atoms with van der Waals surface area (Å²) in [5.74, 6) is -0.0837. The fourth-order valence-electron chi connectivity index (χ4n) is 6.74. The van der Waals surface area contributed by atoms with E-state index in [9.17, 15) is 9.59 Å². The maximum atomic E-state index is 13.8. The molecule has 9 nitrogen and oxygen atoms in total. The second-order valence-corrected chi connectivity index (χ2v) is 15.1. The van der Waals surface area contributed by atoms with Gasteiger partial charge < -0.3 is 9.64 Å². The Morgan fingerprint density at radius 3 is 2.45 bits per heavy atom. The van der Waals surface area contributed by atoms with Gasteiger partial charge in [0, 0.05) is 36.0 Å². The highest BCUT2D eigenvalue weighted by Gasteiger charge is 2.27. The van der Waals surface area contributed by atoms with Crippen LogP contribution in [0.4, 0.5) is 10.9 Å². The summed E-state index contributed by atoms with van der Waals surface area (Å²) in [6.07, 6.45) is 4.43. The van der Waals surface area contributed by atoms with E-state index >= 15 is 0 Å². The van der Waals surface area contributed by atoms with Gasteiger partial charge in [-0.2, -0.15) is 5.10 Å². The molecule has 4 heterocycles. The van der Waals surface area contributed by atoms with Crippen molar-refractivity contribution in [1.29, 1.82) is 0 Å². The van der Waals surface area contributed by atoms with Gasteiger partial charge in [0.2, 0.25) is 0 Å². The highest BCUT2D eigenvalue weighted by Crippen LogP contribution is 2.32. The van der Waals surface area contributed by atoms with Crippen LogP contribution in [0.1, 0.15) is 58.3 Å². The first kappa shape index (κ1) is 34.0. The molecule has 8 rings (SSSR count). The van der Waals surface area contributed by atoms with Crippen LogP contribution >= 0.6 is 11.3 Å². The van der Waals surface area contributed by atoms with Crippen molar-refractivity contribution in [2.24, 2.45) is 0 Å². The maximum Gasteiger partial charge on any atom is 0.358 e. The zero-order valence-corrected chi connectivity index (χ0v) is 30.6. The molecule has 0 fully saturated rings. The molecule has 1 N–H and O–H groups in total. The second-order valence-electron chi connectivity index (χ2n) is 14.1. The molecule has 0 aliphatic carbocycles. The van der Waals surface area contributed by atoms with E-state index < -0.39 is 11.6 Å². The van der Waals surface area contributed by atoms with Crippen molar-refractivity contribution < 1.29 is 14.3 Å². The van der Waals surface area contributed by atoms with Crippen molar-refractivity contribution in [3.05, 3.63) is 150 Å². The fourth-order valence-corrected chi connectivity index (χ4v) is 7.60. The number of carbonyl (C=O) groups is 2. The average molecular weight is 719 g/mol. The normalized spacial score (nSPS) is 12.8. The number of fused-ring (bicyclic) bond motifs is 2. The van der Waals surface area contributed by atoms with Gasteiger partial charge in [-0.15, -0.1) is 0 Å². The number of esters is 1. The molecule has 1 aliphatic heterocycles. The smallest absolute Gasteiger partial charge is 0.358 e. The highest BCUT2D eigenvalue weighted by atomic mass is 32.1. The number of nitrogens with one attached hydrogen (secondary N) is 1. The summed E-state index contributed by atoms with van der Waals surface area (Å²) < 4.78 is 8.77. The number of amides is 1. The summed E-state index contributed by atoms with van der Waals surface area (Å²) in [4.78, 5) is 39.1. The molecule has 264 valence electrons. The monoisotopic (exact) mass is 718 g/mol. The van der Waals surface area contributed by atoms with Crippen molar-refractivity contribution in [1.82, 2.24) is 19.7 Å². The van der Waals surface area contributed by atoms with E-state index in [4.69, 9.17) is 9.72 Å². The molecule has 0 saturated heterocycles. The van der Waals surface area contributed by atoms with E-state index in [2.05, 4.69) is 50.6 Å². The van der Waals surface area contributed by atoms with E-state index in [0.29, 0.717) is 41.7 Å². The van der Waals surface area contributed by atoms with Crippen LogP contribution in [0.5, 0.6) is 0 Å². The van der Waals surface area contributed by atoms with Crippen LogP contribution in [0.3, 0.4) is 0 Å². The Morgan fingerprint density at radius 1 is 0.830 bits per heavy atom. The molecule has 0 saturated carbocycles. The molecular weight excluding hydrogens is 681 g/mol. The van der Waals surface area contributed by atoms with E-state index in [1.807, 2.05) is 111 Å². The van der Waals surface area contributed by atoms with Gasteiger partial charge in [-0.1, -0.05) is 90.2 Å². The van der Waals surface area contributed by atoms with Gasteiger partial charge >= 0.3 is 5.97 Å². The summed E-state index contributed by atoms with van der Waals surface area (Å²) in [5, 5.41) is 8.27. The quantitative estimate of drug-likeness (QED) is 0.157. The first-order chi connectivity index (χ1) is 25.7. The minimum atomic E-state index is -0.715. The molecule has 10 heteroatoms. The number of ether oxygens (including phenoxy) is 1. The SMILES string of the molecule is CC(C)(C)OC(=O)c1nc(N2CCc3cccc(C(=O)Nc4nc5ccccc5s4)c3C2)ccc1-c1cnn(Cc2ccccc2-c2ccccc2)c1. The van der Waals surface area contributed by atoms with Crippen LogP contribution in [-0.2, 0) is 24.2 Å². The van der Waals surface area contributed by atoms with Gasteiger partial charge in [0.15, 0.2) is 10.8 Å². The van der Waals surface area contributed by atoms with Gasteiger partial charge in [0.05, 0.1) is 23.0 Å². The fraction of sp³-hybridized carbons (Fsp3) is 0.186. The molecule has 0 unspecified atom stereocenters. The molecule has 0 bridgehead atoms. The van der Waals surface area contributed by atoms with Crippen LogP contribution in [-0.4, -0.2) is 43.8 Å². The molecular formula is C43H38N6O3S. The topological polar surface area (TPSA) is 102 Å². The molecule has 0 radical (unpaired) electrons. The molecule has 53 heavy (non-hydrogen) atoms. The van der Waals surface area contributed by atoms with E-state index in [1.165, 1.54) is 11.3 Å². The number of thiazole rings is 1. The summed E-state index contributed by atoms with van der Waals surface area (Å²) in [5.41, 5.74) is 7.81. The third-order valence-electron chi connectivity index (χ3n) is 9.21. The highest BCUT2D eigenvalue weighted by molar-refractivity contribution is 7.22. The van der Waals surface area contributed by atoms with Crippen LogP contribution in [0, 0.1) is 0 Å². The Balaban J connectivity index is 1.08. The van der Waals surface area contributed by atoms with E-state index in [0.717, 1.165) is 50.0 Å². The van der Waals surface area contributed by atoms with Gasteiger partial charge in [-0.3, -0.25) is 14.8 Å². The number of hydrogen-bond acceptors (Lipinski definition) is 8. The van der Waals surface area contributed by atoms with Gasteiger partial charge in [0.25, 0.3) is 5.91 Å². The van der Waals surface area contributed by atoms with Gasteiger partial charge in [0.1, 0.15) is 11.4 Å². The predicted molar refractivity (Wildman–Crippen MR) is 210 cm³/mol. The van der Waals surface area contributed by atoms with Crippen LogP contribution in [0.15, 0.2) is 122 Å². The Bertz CT molecular complexity index is 2430. The van der Waals surface area contributed by atoms with Crippen LogP contribution < -0.4 is 10.2 Å². The maximum absolute atomic E-state index is 13.8. The first-order valence-corrected chi connectivity index (χ1v) is 18.4. The lowest BCUT2D eigenvalue weighted by Crippen LogP contribution is -2.33. The lowest BCUT2D eigenvalue weighted by Gasteiger charge is -2.31. The minimum Gasteiger partial charge on any atom is -0.455 e. The zero-order valence-electron chi connectivity index (χ0n) is 29.7. The Kier molecular flexibility index (Phi) is 9.05. The molecule has 4 aromatic carbocycles. The van der Waals surface area contributed by atoms with E-state index in [1.54, 1.807) is 6.20 Å². The zero-order chi connectivity index (χ0) is 36.5. The van der Waals surface area contributed by atoms with E-state index in [-0.39, 0.29) is 11.6 Å². The minimum absolute atomic E-state index is 0.205. The number of carbonyl (C=O) groups excluding carboxylic acids is 2. The standard InChI is InChI=1S/C43H38N6O3S/c1-43(2,3)52-41(51)39-33(31-24-44-49(26-31)25-30-14-7-8-16-32(30)28-12-5-4-6-13-28)20-21-38(46-39)48-23-22-29-15-11-17-34(35(29)27-48)40(50)47-42-45-36-18-9-10-19-37(36)53-42/h4-21,24,26H,22-23,25,27H2,1-3H3,(H,45,47,50). The molecule has 1 amide bonds. The lowest BCUT2D eigenvalue weighted by atomic mass is 9.94. The summed E-state index contributed by atoms with van der Waals surface area (Å²) in [7, 11) is 0. The predicted octanol–water partition coefficient (Wildman–Crippen LogP) is 9.04. The largest absolute Gasteiger partial charge is 0.455 e. The van der Waals surface area contributed by atoms with Crippen molar-refractivity contribution in [2.45, 2.75) is 45.9 Å². The number of nitrogens with zero attached hydrogens (tertiary/aromatic N) is 5. The van der Waals surface area contributed by atoms with Crippen molar-refractivity contribution >= 4 is 44.4 Å². The third kappa shape index (κ3) is 7.31. The number of benzene rings is 4. The number of anilines is 2. The summed E-state index contributed by atoms with van der Waals surface area (Å²) in [6, 6.07) is 36.1. The number of hydrogen-bond donors (Lipinski definition) is 1. The molecule has 7 aromatic rings. The van der Waals surface area contributed by atoms with Crippen LogP contribution in [0.25, 0.3) is 32.5 Å². The van der Waals surface area contributed by atoms with Crippen LogP contribution in [0.2, 0.25) is 0 Å². The molecule has 1 aliphatic rings. The molecule has 3 aromatic heterocycles. The number of pyridine rings is 1. The second kappa shape index (κ2) is 14.1.